The second-order valence-corrected chi connectivity index (χ2v) is 3.07. The van der Waals surface area contributed by atoms with Crippen LogP contribution in [-0.2, 0) is 0 Å². The first kappa shape index (κ1) is 10.2. The van der Waals surface area contributed by atoms with Crippen LogP contribution in [0.1, 0.15) is 10.5 Å². The summed E-state index contributed by atoms with van der Waals surface area (Å²) >= 11 is 0. The zero-order chi connectivity index (χ0) is 11.4. The molecular weight excluding hydrogens is 206 g/mol. The van der Waals surface area contributed by atoms with Crippen molar-refractivity contribution in [3.63, 3.8) is 0 Å². The lowest BCUT2D eigenvalue weighted by molar-refractivity contribution is 0.0687. The van der Waals surface area contributed by atoms with Crippen molar-refractivity contribution in [3.8, 4) is 11.5 Å². The van der Waals surface area contributed by atoms with E-state index in [0.717, 1.165) is 0 Å². The fourth-order valence-corrected chi connectivity index (χ4v) is 1.25. The molecule has 1 N–H and O–H groups in total. The predicted octanol–water partition coefficient (Wildman–Crippen LogP) is 2.57. The zero-order valence-electron chi connectivity index (χ0n) is 8.33. The van der Waals surface area contributed by atoms with E-state index in [2.05, 4.69) is 4.98 Å². The number of rotatable bonds is 3. The number of hydrogen-bond acceptors (Lipinski definition) is 3. The van der Waals surface area contributed by atoms with E-state index in [0.29, 0.717) is 5.75 Å². The van der Waals surface area contributed by atoms with Gasteiger partial charge in [-0.05, 0) is 24.3 Å². The lowest BCUT2D eigenvalue weighted by atomic mass is 10.3. The Kier molecular flexibility index (Phi) is 2.82. The highest BCUT2D eigenvalue weighted by atomic mass is 16.5. The molecule has 0 amide bonds. The number of hydrogen-bond donors (Lipinski definition) is 1. The highest BCUT2D eigenvalue weighted by Gasteiger charge is 2.12. The van der Waals surface area contributed by atoms with Crippen LogP contribution in [0.3, 0.4) is 0 Å². The molecule has 0 fully saturated rings. The Hall–Kier alpha value is -2.36. The lowest BCUT2D eigenvalue weighted by Crippen LogP contribution is -2.02. The first-order valence-corrected chi connectivity index (χ1v) is 4.68. The Bertz CT molecular complexity index is 497. The van der Waals surface area contributed by atoms with Gasteiger partial charge in [-0.1, -0.05) is 18.2 Å². The number of benzene rings is 1. The average molecular weight is 215 g/mol. The topological polar surface area (TPSA) is 59.4 Å². The molecule has 0 bridgehead atoms. The van der Waals surface area contributed by atoms with Crippen molar-refractivity contribution >= 4 is 5.97 Å². The minimum atomic E-state index is -1.11. The van der Waals surface area contributed by atoms with Crippen LogP contribution in [0.5, 0.6) is 11.5 Å². The molecule has 0 aliphatic rings. The summed E-state index contributed by atoms with van der Waals surface area (Å²) in [4.78, 5) is 14.6. The first-order chi connectivity index (χ1) is 7.77. The fraction of sp³-hybridized carbons (Fsp3) is 0. The number of aromatic nitrogens is 1. The smallest absolute Gasteiger partial charge is 0.358 e. The largest absolute Gasteiger partial charge is 0.476 e. The standard InChI is InChI=1S/C12H9NO3/c14-12(15)11-10(7-4-8-13-11)16-9-5-2-1-3-6-9/h1-8H,(H,14,15). The van der Waals surface area contributed by atoms with Gasteiger partial charge >= 0.3 is 5.97 Å². The van der Waals surface area contributed by atoms with Gasteiger partial charge in [-0.15, -0.1) is 0 Å². The van der Waals surface area contributed by atoms with Crippen LogP contribution in [0.4, 0.5) is 0 Å². The summed E-state index contributed by atoms with van der Waals surface area (Å²) in [6.45, 7) is 0. The van der Waals surface area contributed by atoms with Gasteiger partial charge in [0.1, 0.15) is 5.75 Å². The molecule has 4 nitrogen and oxygen atoms in total. The van der Waals surface area contributed by atoms with Crippen LogP contribution in [0, 0.1) is 0 Å². The minimum absolute atomic E-state index is 0.0913. The summed E-state index contributed by atoms with van der Waals surface area (Å²) in [5.74, 6) is -0.286. The molecule has 0 unspecified atom stereocenters. The monoisotopic (exact) mass is 215 g/mol. The van der Waals surface area contributed by atoms with Crippen LogP contribution in [-0.4, -0.2) is 16.1 Å². The van der Waals surface area contributed by atoms with Crippen molar-refractivity contribution in [1.82, 2.24) is 4.98 Å². The molecule has 1 heterocycles. The van der Waals surface area contributed by atoms with E-state index in [4.69, 9.17) is 9.84 Å². The predicted molar refractivity (Wildman–Crippen MR) is 57.7 cm³/mol. The van der Waals surface area contributed by atoms with Crippen LogP contribution >= 0.6 is 0 Å². The molecule has 0 spiro atoms. The molecule has 0 aliphatic carbocycles. The number of carbonyl (C=O) groups is 1. The van der Waals surface area contributed by atoms with Crippen molar-refractivity contribution < 1.29 is 14.6 Å². The van der Waals surface area contributed by atoms with Crippen molar-refractivity contribution in [1.29, 1.82) is 0 Å². The molecule has 1 aromatic heterocycles. The van der Waals surface area contributed by atoms with Gasteiger partial charge in [0, 0.05) is 6.20 Å². The van der Waals surface area contributed by atoms with Gasteiger partial charge in [0.25, 0.3) is 0 Å². The van der Waals surface area contributed by atoms with Gasteiger partial charge in [-0.25, -0.2) is 9.78 Å². The second kappa shape index (κ2) is 4.44. The first-order valence-electron chi connectivity index (χ1n) is 4.68. The van der Waals surface area contributed by atoms with Crippen molar-refractivity contribution in [3.05, 3.63) is 54.4 Å². The Morgan fingerprint density at radius 2 is 1.88 bits per heavy atom. The molecular formula is C12H9NO3. The van der Waals surface area contributed by atoms with E-state index >= 15 is 0 Å². The summed E-state index contributed by atoms with van der Waals surface area (Å²) in [6, 6.07) is 12.2. The van der Waals surface area contributed by atoms with Gasteiger partial charge in [0.05, 0.1) is 0 Å². The van der Waals surface area contributed by atoms with Gasteiger partial charge in [0.2, 0.25) is 0 Å². The van der Waals surface area contributed by atoms with Crippen LogP contribution in [0.2, 0.25) is 0 Å². The maximum atomic E-state index is 10.9. The van der Waals surface area contributed by atoms with Crippen LogP contribution < -0.4 is 4.74 Å². The van der Waals surface area contributed by atoms with Gasteiger partial charge < -0.3 is 9.84 Å². The summed E-state index contributed by atoms with van der Waals surface area (Å²) in [5.41, 5.74) is -0.0913. The van der Waals surface area contributed by atoms with Crippen molar-refractivity contribution in [2.45, 2.75) is 0 Å². The highest BCUT2D eigenvalue weighted by Crippen LogP contribution is 2.23. The minimum Gasteiger partial charge on any atom is -0.476 e. The van der Waals surface area contributed by atoms with Gasteiger partial charge in [-0.2, -0.15) is 0 Å². The fourth-order valence-electron chi connectivity index (χ4n) is 1.25. The number of nitrogens with zero attached hydrogens (tertiary/aromatic N) is 1. The second-order valence-electron chi connectivity index (χ2n) is 3.07. The molecule has 0 saturated carbocycles. The number of ether oxygens (including phenoxy) is 1. The molecule has 1 aromatic carbocycles. The number of carboxylic acid groups (broad SMARTS) is 1. The molecule has 4 heteroatoms. The normalized spacial score (nSPS) is 9.75. The van der Waals surface area contributed by atoms with Gasteiger partial charge in [0.15, 0.2) is 11.4 Å². The molecule has 0 radical (unpaired) electrons. The SMILES string of the molecule is O=C(O)c1ncccc1Oc1ccccc1. The van der Waals surface area contributed by atoms with Gasteiger partial charge in [-0.3, -0.25) is 0 Å². The summed E-state index contributed by atoms with van der Waals surface area (Å²) < 4.78 is 5.43. The Labute approximate surface area is 92.1 Å². The van der Waals surface area contributed by atoms with Crippen molar-refractivity contribution in [2.75, 3.05) is 0 Å². The maximum Gasteiger partial charge on any atom is 0.358 e. The third-order valence-corrected chi connectivity index (χ3v) is 1.94. The lowest BCUT2D eigenvalue weighted by Gasteiger charge is -2.06. The Balaban J connectivity index is 2.31. The summed E-state index contributed by atoms with van der Waals surface area (Å²) in [5, 5.41) is 8.90. The van der Waals surface area contributed by atoms with Crippen LogP contribution in [0.25, 0.3) is 0 Å². The number of aromatic carboxylic acids is 1. The number of carboxylic acids is 1. The van der Waals surface area contributed by atoms with E-state index in [1.54, 1.807) is 24.3 Å². The molecule has 0 aliphatic heterocycles. The summed E-state index contributed by atoms with van der Waals surface area (Å²) in [7, 11) is 0. The zero-order valence-corrected chi connectivity index (χ0v) is 8.33. The molecule has 0 saturated heterocycles. The van der Waals surface area contributed by atoms with E-state index in [-0.39, 0.29) is 11.4 Å². The third kappa shape index (κ3) is 2.17. The third-order valence-electron chi connectivity index (χ3n) is 1.94. The Morgan fingerprint density at radius 3 is 2.56 bits per heavy atom. The van der Waals surface area contributed by atoms with Crippen molar-refractivity contribution in [2.24, 2.45) is 0 Å². The quantitative estimate of drug-likeness (QED) is 0.854. The molecule has 2 rings (SSSR count). The molecule has 2 aromatic rings. The molecule has 80 valence electrons. The Morgan fingerprint density at radius 1 is 1.12 bits per heavy atom. The number of para-hydroxylation sites is 1. The van der Waals surface area contributed by atoms with E-state index in [1.165, 1.54) is 6.20 Å². The maximum absolute atomic E-state index is 10.9. The van der Waals surface area contributed by atoms with Crippen LogP contribution in [0.15, 0.2) is 48.7 Å². The van der Waals surface area contributed by atoms with E-state index in [1.807, 2.05) is 18.2 Å². The number of pyridine rings is 1. The summed E-state index contributed by atoms with van der Waals surface area (Å²) in [6.07, 6.45) is 1.42. The van der Waals surface area contributed by atoms with E-state index in [9.17, 15) is 4.79 Å². The molecule has 0 atom stereocenters. The highest BCUT2D eigenvalue weighted by molar-refractivity contribution is 5.88. The average Bonchev–Trinajstić information content (AvgIpc) is 2.31. The van der Waals surface area contributed by atoms with E-state index < -0.39 is 5.97 Å². The molecule has 16 heavy (non-hydrogen) atoms.